The normalized spacial score (nSPS) is 16.2. The largest absolute Gasteiger partial charge is 0.415 e. The highest BCUT2D eigenvalue weighted by Gasteiger charge is 2.40. The number of alkyl carbamates (subject to hydrolysis) is 1. The van der Waals surface area contributed by atoms with Crippen LogP contribution in [0.15, 0.2) is 84.9 Å². The molecule has 1 saturated heterocycles. The van der Waals surface area contributed by atoms with Crippen molar-refractivity contribution in [2.75, 3.05) is 5.75 Å². The quantitative estimate of drug-likeness (QED) is 0.346. The van der Waals surface area contributed by atoms with Crippen LogP contribution in [0.3, 0.4) is 0 Å². The van der Waals surface area contributed by atoms with Gasteiger partial charge in [-0.3, -0.25) is 0 Å². The molecule has 4 rings (SSSR count). The zero-order valence-electron chi connectivity index (χ0n) is 16.2. The second-order valence-corrected chi connectivity index (χ2v) is 8.22. The maximum Gasteiger partial charge on any atom is 0.415 e. The summed E-state index contributed by atoms with van der Waals surface area (Å²) < 4.78 is 4.04. The van der Waals surface area contributed by atoms with Crippen molar-refractivity contribution in [1.29, 1.82) is 0 Å². The van der Waals surface area contributed by atoms with Crippen LogP contribution >= 0.6 is 11.8 Å². The molecule has 0 aliphatic carbocycles. The minimum absolute atomic E-state index is 0.0307. The van der Waals surface area contributed by atoms with Gasteiger partial charge in [-0.05, 0) is 22.3 Å². The van der Waals surface area contributed by atoms with Crippen molar-refractivity contribution in [1.82, 2.24) is 5.32 Å². The number of aliphatic hydroxyl groups is 1. The standard InChI is InChI=1S/C24H21NO4S/c26-15-17-11-13-20(14-12-17)24(18-7-3-1-4-8-18,19-9-5-2-6-10-19)30-16-21-22(27)29-23(28)25-21/h1-14,21,26H,15-16H2,(H,25,28)/t21-/m0/s1. The van der Waals surface area contributed by atoms with Crippen LogP contribution in [0.2, 0.25) is 0 Å². The summed E-state index contributed by atoms with van der Waals surface area (Å²) in [5, 5.41) is 12.1. The van der Waals surface area contributed by atoms with Gasteiger partial charge in [0.1, 0.15) is 6.04 Å². The first-order valence-electron chi connectivity index (χ1n) is 9.61. The second-order valence-electron chi connectivity index (χ2n) is 6.98. The van der Waals surface area contributed by atoms with E-state index in [4.69, 9.17) is 0 Å². The van der Waals surface area contributed by atoms with Gasteiger partial charge in [0.25, 0.3) is 0 Å². The minimum Gasteiger partial charge on any atom is -0.392 e. The third kappa shape index (κ3) is 3.84. The molecule has 3 aromatic carbocycles. The molecule has 1 fully saturated rings. The minimum atomic E-state index is -0.706. The third-order valence-corrected chi connectivity index (χ3v) is 6.78. The fourth-order valence-electron chi connectivity index (χ4n) is 3.65. The van der Waals surface area contributed by atoms with Gasteiger partial charge in [0.2, 0.25) is 0 Å². The van der Waals surface area contributed by atoms with Crippen LogP contribution in [0.1, 0.15) is 22.3 Å². The van der Waals surface area contributed by atoms with Crippen molar-refractivity contribution in [2.24, 2.45) is 0 Å². The monoisotopic (exact) mass is 419 g/mol. The average Bonchev–Trinajstić information content (AvgIpc) is 3.13. The summed E-state index contributed by atoms with van der Waals surface area (Å²) in [6, 6.07) is 27.2. The molecule has 6 heteroatoms. The second kappa shape index (κ2) is 8.73. The van der Waals surface area contributed by atoms with E-state index in [1.54, 1.807) is 11.8 Å². The molecule has 0 saturated carbocycles. The number of carbonyl (C=O) groups excluding carboxylic acids is 2. The van der Waals surface area contributed by atoms with Gasteiger partial charge in [0.05, 0.1) is 11.4 Å². The van der Waals surface area contributed by atoms with E-state index in [1.807, 2.05) is 60.7 Å². The van der Waals surface area contributed by atoms with E-state index in [1.165, 1.54) is 0 Å². The molecule has 1 aliphatic rings. The first kappa shape index (κ1) is 20.2. The molecule has 0 radical (unpaired) electrons. The Morgan fingerprint density at radius 3 is 1.83 bits per heavy atom. The lowest BCUT2D eigenvalue weighted by Gasteiger charge is -2.36. The van der Waals surface area contributed by atoms with E-state index in [0.717, 1.165) is 22.3 Å². The number of carbonyl (C=O) groups is 2. The van der Waals surface area contributed by atoms with Gasteiger partial charge in [-0.25, -0.2) is 9.59 Å². The summed E-state index contributed by atoms with van der Waals surface area (Å²) in [6.07, 6.45) is -0.706. The number of cyclic esters (lactones) is 2. The zero-order chi connectivity index (χ0) is 21.0. The van der Waals surface area contributed by atoms with Gasteiger partial charge in [0, 0.05) is 5.75 Å². The Hall–Kier alpha value is -3.09. The SMILES string of the molecule is O=C1N[C@@H](CSC(c2ccccc2)(c2ccccc2)c2ccc(CO)cc2)C(=O)O1. The zero-order valence-corrected chi connectivity index (χ0v) is 17.0. The number of esters is 1. The van der Waals surface area contributed by atoms with Crippen molar-refractivity contribution in [3.8, 4) is 0 Å². The molecule has 0 aromatic heterocycles. The molecular formula is C24H21NO4S. The Labute approximate surface area is 179 Å². The molecule has 0 unspecified atom stereocenters. The van der Waals surface area contributed by atoms with Crippen LogP contribution in [0.5, 0.6) is 0 Å². The van der Waals surface area contributed by atoms with E-state index in [-0.39, 0.29) is 6.61 Å². The van der Waals surface area contributed by atoms with E-state index in [9.17, 15) is 14.7 Å². The van der Waals surface area contributed by atoms with E-state index < -0.39 is 22.9 Å². The predicted octanol–water partition coefficient (Wildman–Crippen LogP) is 3.84. The molecule has 1 atom stereocenters. The summed E-state index contributed by atoms with van der Waals surface area (Å²) in [6.45, 7) is -0.0307. The summed E-state index contributed by atoms with van der Waals surface area (Å²) in [4.78, 5) is 23.5. The van der Waals surface area contributed by atoms with E-state index in [2.05, 4.69) is 34.3 Å². The number of amides is 1. The van der Waals surface area contributed by atoms with Crippen LogP contribution in [0, 0.1) is 0 Å². The Morgan fingerprint density at radius 1 is 0.833 bits per heavy atom. The van der Waals surface area contributed by atoms with Crippen LogP contribution in [0.4, 0.5) is 4.79 Å². The highest BCUT2D eigenvalue weighted by Crippen LogP contribution is 2.48. The van der Waals surface area contributed by atoms with Crippen LogP contribution in [-0.2, 0) is 20.9 Å². The van der Waals surface area contributed by atoms with Crippen molar-refractivity contribution < 1.29 is 19.4 Å². The number of aliphatic hydroxyl groups excluding tert-OH is 1. The van der Waals surface area contributed by atoms with Gasteiger partial charge in [-0.1, -0.05) is 84.9 Å². The summed E-state index contributed by atoms with van der Waals surface area (Å²) in [5.41, 5.74) is 3.94. The lowest BCUT2D eigenvalue weighted by Crippen LogP contribution is -2.35. The Kier molecular flexibility index (Phi) is 5.88. The lowest BCUT2D eigenvalue weighted by molar-refractivity contribution is -0.134. The fraction of sp³-hybridized carbons (Fsp3) is 0.167. The number of benzene rings is 3. The number of ether oxygens (including phenoxy) is 1. The number of thioether (sulfide) groups is 1. The number of nitrogens with one attached hydrogen (secondary N) is 1. The molecule has 0 bridgehead atoms. The van der Waals surface area contributed by atoms with E-state index >= 15 is 0 Å². The molecule has 3 aromatic rings. The van der Waals surface area contributed by atoms with Crippen LogP contribution in [0.25, 0.3) is 0 Å². The molecule has 1 heterocycles. The van der Waals surface area contributed by atoms with E-state index in [0.29, 0.717) is 5.75 Å². The first-order valence-corrected chi connectivity index (χ1v) is 10.6. The molecule has 30 heavy (non-hydrogen) atoms. The van der Waals surface area contributed by atoms with Gasteiger partial charge in [-0.15, -0.1) is 11.8 Å². The van der Waals surface area contributed by atoms with Crippen molar-refractivity contribution in [2.45, 2.75) is 17.4 Å². The molecule has 2 N–H and O–H groups in total. The average molecular weight is 420 g/mol. The lowest BCUT2D eigenvalue weighted by atomic mass is 9.83. The van der Waals surface area contributed by atoms with Crippen LogP contribution in [-0.4, -0.2) is 29.0 Å². The highest BCUT2D eigenvalue weighted by atomic mass is 32.2. The van der Waals surface area contributed by atoms with Gasteiger partial charge < -0.3 is 15.2 Å². The smallest absolute Gasteiger partial charge is 0.392 e. The maximum absolute atomic E-state index is 12.0. The van der Waals surface area contributed by atoms with Crippen molar-refractivity contribution in [3.63, 3.8) is 0 Å². The molecule has 5 nitrogen and oxygen atoms in total. The van der Waals surface area contributed by atoms with Gasteiger partial charge in [0.15, 0.2) is 0 Å². The highest BCUT2D eigenvalue weighted by molar-refractivity contribution is 8.00. The van der Waals surface area contributed by atoms with Gasteiger partial charge in [-0.2, -0.15) is 0 Å². The van der Waals surface area contributed by atoms with Gasteiger partial charge >= 0.3 is 12.1 Å². The maximum atomic E-state index is 12.0. The molecule has 0 spiro atoms. The molecule has 152 valence electrons. The Morgan fingerprint density at radius 2 is 1.37 bits per heavy atom. The predicted molar refractivity (Wildman–Crippen MR) is 116 cm³/mol. The fourth-order valence-corrected chi connectivity index (χ4v) is 5.20. The summed E-state index contributed by atoms with van der Waals surface area (Å²) in [5.74, 6) is -0.214. The van der Waals surface area contributed by atoms with Crippen molar-refractivity contribution >= 4 is 23.8 Å². The Bertz CT molecular complexity index is 983. The molecule has 1 amide bonds. The number of hydrogen-bond acceptors (Lipinski definition) is 5. The third-order valence-electron chi connectivity index (χ3n) is 5.14. The molecular weight excluding hydrogens is 398 g/mol. The van der Waals surface area contributed by atoms with Crippen molar-refractivity contribution in [3.05, 3.63) is 107 Å². The number of rotatable bonds is 7. The van der Waals surface area contributed by atoms with Crippen LogP contribution < -0.4 is 5.32 Å². The summed E-state index contributed by atoms with van der Waals surface area (Å²) >= 11 is 1.57. The molecule has 1 aliphatic heterocycles. The first-order chi connectivity index (χ1) is 14.6. The topological polar surface area (TPSA) is 75.6 Å². The summed E-state index contributed by atoms with van der Waals surface area (Å²) in [7, 11) is 0. The number of hydrogen-bond donors (Lipinski definition) is 2. The Balaban J connectivity index is 1.84.